The zero-order valence-electron chi connectivity index (χ0n) is 22.9. The van der Waals surface area contributed by atoms with E-state index in [0.29, 0.717) is 16.9 Å². The Hall–Kier alpha value is -3.93. The van der Waals surface area contributed by atoms with Crippen molar-refractivity contribution in [3.8, 4) is 5.69 Å². The summed E-state index contributed by atoms with van der Waals surface area (Å²) >= 11 is 2.92. The van der Waals surface area contributed by atoms with Crippen molar-refractivity contribution in [1.29, 1.82) is 0 Å². The lowest BCUT2D eigenvalue weighted by Crippen LogP contribution is -2.46. The third-order valence-electron chi connectivity index (χ3n) is 7.45. The molecule has 2 aromatic heterocycles. The van der Waals surface area contributed by atoms with Crippen LogP contribution in [0.2, 0.25) is 0 Å². The highest BCUT2D eigenvalue weighted by Crippen LogP contribution is 2.36. The lowest BCUT2D eigenvalue weighted by molar-refractivity contribution is -0.138. The molecule has 0 saturated heterocycles. The Morgan fingerprint density at radius 1 is 1.22 bits per heavy atom. The number of hydrogen-bond donors (Lipinski definition) is 1. The quantitative estimate of drug-likeness (QED) is 0.283. The molecule has 1 N–H and O–H groups in total. The monoisotopic (exact) mass is 628 g/mol. The van der Waals surface area contributed by atoms with E-state index in [1.165, 1.54) is 21.6 Å². The Bertz CT molecular complexity index is 1760. The number of halogens is 4. The summed E-state index contributed by atoms with van der Waals surface area (Å²) in [5.41, 5.74) is 1.75. The number of fused-ring (bicyclic) bond motifs is 2. The normalized spacial score (nSPS) is 16.0. The molecule has 0 saturated carbocycles. The zero-order valence-corrected chi connectivity index (χ0v) is 24.5. The second-order valence-corrected chi connectivity index (χ2v) is 11.1. The van der Waals surface area contributed by atoms with Gasteiger partial charge in [-0.2, -0.15) is 13.2 Å². The van der Waals surface area contributed by atoms with Gasteiger partial charge in [0.2, 0.25) is 5.95 Å². The molecule has 1 amide bonds. The molecule has 1 aliphatic rings. The molecule has 4 aromatic rings. The molecule has 12 heteroatoms. The van der Waals surface area contributed by atoms with Gasteiger partial charge in [-0.25, -0.2) is 14.5 Å². The predicted molar refractivity (Wildman–Crippen MR) is 154 cm³/mol. The highest BCUT2D eigenvalue weighted by molar-refractivity contribution is 9.10. The van der Waals surface area contributed by atoms with Crippen LogP contribution in [0.5, 0.6) is 0 Å². The SMILES string of the molecule is C=CC(C)Nc1nc2c(c(=O)n1-c1ccc3c(c1)nc(C)n3C)CC(C)N(C(=O)c1ccc(Br)c(C(F)(F)F)c1)C2. The molecule has 8 nitrogen and oxygen atoms in total. The summed E-state index contributed by atoms with van der Waals surface area (Å²) in [4.78, 5) is 38.2. The zero-order chi connectivity index (χ0) is 29.8. The number of amides is 1. The first-order chi connectivity index (χ1) is 19.3. The number of rotatable bonds is 5. The predicted octanol–water partition coefficient (Wildman–Crippen LogP) is 5.78. The van der Waals surface area contributed by atoms with E-state index < -0.39 is 23.7 Å². The highest BCUT2D eigenvalue weighted by Gasteiger charge is 2.36. The van der Waals surface area contributed by atoms with Gasteiger partial charge in [-0.3, -0.25) is 9.59 Å². The van der Waals surface area contributed by atoms with Crippen molar-refractivity contribution in [3.05, 3.63) is 92.1 Å². The Morgan fingerprint density at radius 3 is 2.63 bits per heavy atom. The van der Waals surface area contributed by atoms with E-state index in [4.69, 9.17) is 4.98 Å². The fourth-order valence-corrected chi connectivity index (χ4v) is 5.49. The second kappa shape index (κ2) is 10.5. The van der Waals surface area contributed by atoms with Crippen LogP contribution < -0.4 is 10.9 Å². The molecule has 5 rings (SSSR count). The van der Waals surface area contributed by atoms with Crippen LogP contribution in [0.15, 0.2) is 58.3 Å². The van der Waals surface area contributed by atoms with Crippen molar-refractivity contribution in [2.45, 2.75) is 52.0 Å². The minimum absolute atomic E-state index is 0.0293. The topological polar surface area (TPSA) is 85.1 Å². The number of aryl methyl sites for hydroxylation is 2. The summed E-state index contributed by atoms with van der Waals surface area (Å²) in [5.74, 6) is 0.522. The molecule has 0 fully saturated rings. The molecule has 0 bridgehead atoms. The largest absolute Gasteiger partial charge is 0.417 e. The molecule has 214 valence electrons. The molecule has 1 aliphatic heterocycles. The molecule has 0 aliphatic carbocycles. The first-order valence-corrected chi connectivity index (χ1v) is 13.7. The van der Waals surface area contributed by atoms with Crippen LogP contribution in [-0.2, 0) is 26.2 Å². The minimum Gasteiger partial charge on any atom is -0.349 e. The molecular formula is C29H28BrF3N6O2. The highest BCUT2D eigenvalue weighted by atomic mass is 79.9. The fourth-order valence-electron chi connectivity index (χ4n) is 5.02. The molecule has 2 unspecified atom stereocenters. The summed E-state index contributed by atoms with van der Waals surface area (Å²) in [6, 6.07) is 8.27. The maximum absolute atomic E-state index is 14.0. The summed E-state index contributed by atoms with van der Waals surface area (Å²) < 4.78 is 43.8. The van der Waals surface area contributed by atoms with Crippen LogP contribution in [0, 0.1) is 6.92 Å². The number of anilines is 1. The third-order valence-corrected chi connectivity index (χ3v) is 8.14. The van der Waals surface area contributed by atoms with Gasteiger partial charge >= 0.3 is 6.18 Å². The minimum atomic E-state index is -4.62. The summed E-state index contributed by atoms with van der Waals surface area (Å²) in [5, 5.41) is 3.21. The van der Waals surface area contributed by atoms with Gasteiger partial charge in [0.25, 0.3) is 11.5 Å². The van der Waals surface area contributed by atoms with Gasteiger partial charge in [0, 0.05) is 34.7 Å². The van der Waals surface area contributed by atoms with Gasteiger partial charge in [0.1, 0.15) is 5.82 Å². The second-order valence-electron chi connectivity index (χ2n) is 10.2. The number of aromatic nitrogens is 4. The fraction of sp³-hybridized carbons (Fsp3) is 0.310. The number of carbonyl (C=O) groups is 1. The van der Waals surface area contributed by atoms with Gasteiger partial charge in [-0.1, -0.05) is 22.0 Å². The van der Waals surface area contributed by atoms with E-state index in [2.05, 4.69) is 32.8 Å². The van der Waals surface area contributed by atoms with Crippen molar-refractivity contribution >= 4 is 38.8 Å². The number of imidazole rings is 1. The number of hydrogen-bond acceptors (Lipinski definition) is 5. The molecular weight excluding hydrogens is 601 g/mol. The number of benzene rings is 2. The average Bonchev–Trinajstić information content (AvgIpc) is 3.20. The van der Waals surface area contributed by atoms with Gasteiger partial charge in [0.05, 0.1) is 34.5 Å². The van der Waals surface area contributed by atoms with Gasteiger partial charge in [0.15, 0.2) is 0 Å². The lowest BCUT2D eigenvalue weighted by Gasteiger charge is -2.35. The lowest BCUT2D eigenvalue weighted by atomic mass is 9.98. The molecule has 2 aromatic carbocycles. The average molecular weight is 629 g/mol. The van der Waals surface area contributed by atoms with Crippen LogP contribution in [0.3, 0.4) is 0 Å². The van der Waals surface area contributed by atoms with Gasteiger partial charge < -0.3 is 14.8 Å². The van der Waals surface area contributed by atoms with Crippen molar-refractivity contribution in [3.63, 3.8) is 0 Å². The van der Waals surface area contributed by atoms with E-state index >= 15 is 0 Å². The number of nitrogens with one attached hydrogen (secondary N) is 1. The third kappa shape index (κ3) is 5.16. The summed E-state index contributed by atoms with van der Waals surface area (Å²) in [7, 11) is 1.92. The molecule has 3 heterocycles. The van der Waals surface area contributed by atoms with Gasteiger partial charge in [-0.05, 0) is 63.6 Å². The van der Waals surface area contributed by atoms with E-state index in [9.17, 15) is 22.8 Å². The number of nitrogens with zero attached hydrogens (tertiary/aromatic N) is 5. The van der Waals surface area contributed by atoms with E-state index in [0.717, 1.165) is 22.9 Å². The number of carbonyl (C=O) groups excluding carboxylic acids is 1. The van der Waals surface area contributed by atoms with Crippen LogP contribution in [0.25, 0.3) is 16.7 Å². The first-order valence-electron chi connectivity index (χ1n) is 12.9. The Kier molecular flexibility index (Phi) is 7.31. The first kappa shape index (κ1) is 28.6. The van der Waals surface area contributed by atoms with Crippen LogP contribution in [-0.4, -0.2) is 42.0 Å². The van der Waals surface area contributed by atoms with E-state index in [1.54, 1.807) is 13.0 Å². The van der Waals surface area contributed by atoms with Crippen LogP contribution >= 0.6 is 15.9 Å². The maximum Gasteiger partial charge on any atom is 0.417 e. The van der Waals surface area contributed by atoms with Crippen molar-refractivity contribution < 1.29 is 18.0 Å². The number of alkyl halides is 3. The Balaban J connectivity index is 1.59. The molecule has 0 radical (unpaired) electrons. The van der Waals surface area contributed by atoms with Crippen molar-refractivity contribution in [2.24, 2.45) is 7.05 Å². The standard InChI is InChI=1S/C29H28BrF3N6O2/c1-6-15(2)34-28-36-24-14-38(26(40)18-7-9-22(30)21(12-18)29(31,32)33)16(3)11-20(24)27(41)39(28)19-8-10-25-23(13-19)35-17(4)37(25)5/h6-10,12-13,15-16H,1,11,14H2,2-5H3,(H,34,36). The molecule has 41 heavy (non-hydrogen) atoms. The van der Waals surface area contributed by atoms with Crippen molar-refractivity contribution in [2.75, 3.05) is 5.32 Å². The van der Waals surface area contributed by atoms with Crippen molar-refractivity contribution in [1.82, 2.24) is 24.0 Å². The maximum atomic E-state index is 14.0. The van der Waals surface area contributed by atoms with E-state index in [1.807, 2.05) is 43.7 Å². The Labute approximate surface area is 242 Å². The van der Waals surface area contributed by atoms with Gasteiger partial charge in [-0.15, -0.1) is 6.58 Å². The smallest absolute Gasteiger partial charge is 0.349 e. The molecule has 0 spiro atoms. The Morgan fingerprint density at radius 2 is 1.95 bits per heavy atom. The summed E-state index contributed by atoms with van der Waals surface area (Å²) in [6.45, 7) is 9.30. The molecule has 2 atom stereocenters. The van der Waals surface area contributed by atoms with E-state index in [-0.39, 0.29) is 40.6 Å². The van der Waals surface area contributed by atoms with Crippen LogP contribution in [0.1, 0.15) is 46.9 Å². The summed E-state index contributed by atoms with van der Waals surface area (Å²) in [6.07, 6.45) is -2.76. The van der Waals surface area contributed by atoms with Crippen LogP contribution in [0.4, 0.5) is 19.1 Å².